The molecule has 0 saturated heterocycles. The van der Waals surface area contributed by atoms with Crippen LogP contribution in [0, 0.1) is 5.82 Å². The molecule has 0 unspecified atom stereocenters. The van der Waals surface area contributed by atoms with Gasteiger partial charge in [0.25, 0.3) is 5.89 Å². The fraction of sp³-hybridized carbons (Fsp3) is 0.250. The van der Waals surface area contributed by atoms with Crippen molar-refractivity contribution in [1.82, 2.24) is 14.9 Å². The lowest BCUT2D eigenvalue weighted by molar-refractivity contribution is 0.196. The normalized spacial score (nSPS) is 11.8. The molecule has 0 aliphatic carbocycles. The fourth-order valence-corrected chi connectivity index (χ4v) is 4.42. The third kappa shape index (κ3) is 4.33. The van der Waals surface area contributed by atoms with Crippen LogP contribution in [-0.4, -0.2) is 38.8 Å². The minimum atomic E-state index is -3.61. The first-order valence-electron chi connectivity index (χ1n) is 7.67. The summed E-state index contributed by atoms with van der Waals surface area (Å²) in [5.41, 5.74) is 0.963. The molecule has 0 atom stereocenters. The Labute approximate surface area is 153 Å². The molecule has 2 aromatic heterocycles. The number of nitrogens with one attached hydrogen (secondary N) is 1. The maximum atomic E-state index is 13.3. The minimum Gasteiger partial charge on any atom is -0.385 e. The molecular formula is C16H16FN3O4S2. The number of sulfonamides is 1. The van der Waals surface area contributed by atoms with Crippen LogP contribution in [0.4, 0.5) is 4.39 Å². The summed E-state index contributed by atoms with van der Waals surface area (Å²) in [6.07, 6.45) is 0.578. The highest BCUT2D eigenvalue weighted by molar-refractivity contribution is 7.91. The van der Waals surface area contributed by atoms with Gasteiger partial charge in [0.1, 0.15) is 10.0 Å². The molecule has 0 bridgehead atoms. The number of aromatic nitrogens is 2. The lowest BCUT2D eigenvalue weighted by atomic mass is 10.2. The molecule has 3 rings (SSSR count). The van der Waals surface area contributed by atoms with Gasteiger partial charge in [-0.1, -0.05) is 17.3 Å². The van der Waals surface area contributed by atoms with E-state index in [0.29, 0.717) is 24.2 Å². The van der Waals surface area contributed by atoms with Crippen molar-refractivity contribution in [2.45, 2.75) is 10.6 Å². The third-order valence-corrected chi connectivity index (χ3v) is 6.31. The zero-order valence-electron chi connectivity index (χ0n) is 13.8. The maximum Gasteiger partial charge on any atom is 0.259 e. The highest BCUT2D eigenvalue weighted by Gasteiger charge is 2.19. The smallest absolute Gasteiger partial charge is 0.259 e. The van der Waals surface area contributed by atoms with Crippen molar-refractivity contribution in [3.63, 3.8) is 0 Å². The average molecular weight is 397 g/mol. The van der Waals surface area contributed by atoms with Gasteiger partial charge in [0.05, 0.1) is 5.56 Å². The number of benzene rings is 1. The zero-order chi connectivity index (χ0) is 18.6. The Bertz CT molecular complexity index is 985. The molecule has 0 saturated carbocycles. The van der Waals surface area contributed by atoms with E-state index in [-0.39, 0.29) is 22.5 Å². The van der Waals surface area contributed by atoms with E-state index >= 15 is 0 Å². The van der Waals surface area contributed by atoms with Gasteiger partial charge in [-0.05, 0) is 24.6 Å². The zero-order valence-corrected chi connectivity index (χ0v) is 15.4. The van der Waals surface area contributed by atoms with E-state index in [0.717, 1.165) is 11.3 Å². The summed E-state index contributed by atoms with van der Waals surface area (Å²) in [7, 11) is -2.05. The van der Waals surface area contributed by atoms with E-state index in [1.54, 1.807) is 24.6 Å². The summed E-state index contributed by atoms with van der Waals surface area (Å²) in [4.78, 5) is 4.20. The summed E-state index contributed by atoms with van der Waals surface area (Å²) in [6.45, 7) is 0.761. The second kappa shape index (κ2) is 8.04. The van der Waals surface area contributed by atoms with Crippen molar-refractivity contribution in [3.05, 3.63) is 41.5 Å². The molecule has 0 aliphatic heterocycles. The summed E-state index contributed by atoms with van der Waals surface area (Å²) in [5.74, 6) is -0.00791. The topological polar surface area (TPSA) is 94.3 Å². The van der Waals surface area contributed by atoms with Crippen LogP contribution in [0.2, 0.25) is 0 Å². The Morgan fingerprint density at radius 2 is 2.15 bits per heavy atom. The summed E-state index contributed by atoms with van der Waals surface area (Å²) in [6, 6.07) is 7.28. The summed E-state index contributed by atoms with van der Waals surface area (Å²) in [5, 5.41) is 5.44. The number of ether oxygens (including phenoxy) is 1. The molecule has 0 fully saturated rings. The molecule has 0 spiro atoms. The lowest BCUT2D eigenvalue weighted by Gasteiger charge is -2.03. The van der Waals surface area contributed by atoms with Gasteiger partial charge in [0.15, 0.2) is 0 Å². The van der Waals surface area contributed by atoms with E-state index < -0.39 is 15.8 Å². The fourth-order valence-electron chi connectivity index (χ4n) is 2.15. The van der Waals surface area contributed by atoms with Gasteiger partial charge in [-0.15, -0.1) is 11.3 Å². The van der Waals surface area contributed by atoms with Crippen molar-refractivity contribution in [2.24, 2.45) is 0 Å². The molecule has 1 aromatic carbocycles. The number of nitrogens with zero attached hydrogens (tertiary/aromatic N) is 2. The summed E-state index contributed by atoms with van der Waals surface area (Å²) < 4.78 is 50.5. The summed E-state index contributed by atoms with van der Waals surface area (Å²) >= 11 is 1.05. The van der Waals surface area contributed by atoms with Crippen LogP contribution in [-0.2, 0) is 14.8 Å². The molecule has 1 N–H and O–H groups in total. The van der Waals surface area contributed by atoms with E-state index in [4.69, 9.17) is 9.26 Å². The number of thiophene rings is 1. The Morgan fingerprint density at radius 1 is 1.31 bits per heavy atom. The molecule has 138 valence electrons. The van der Waals surface area contributed by atoms with Crippen LogP contribution in [0.3, 0.4) is 0 Å². The van der Waals surface area contributed by atoms with Gasteiger partial charge in [-0.25, -0.2) is 17.5 Å². The Morgan fingerprint density at radius 3 is 2.92 bits per heavy atom. The van der Waals surface area contributed by atoms with Gasteiger partial charge >= 0.3 is 0 Å². The van der Waals surface area contributed by atoms with E-state index in [1.165, 1.54) is 18.2 Å². The number of methoxy groups -OCH3 is 1. The van der Waals surface area contributed by atoms with E-state index in [1.807, 2.05) is 0 Å². The highest BCUT2D eigenvalue weighted by Crippen LogP contribution is 2.29. The van der Waals surface area contributed by atoms with Crippen molar-refractivity contribution < 1.29 is 22.1 Å². The predicted molar refractivity (Wildman–Crippen MR) is 94.7 cm³/mol. The molecule has 0 aliphatic rings. The van der Waals surface area contributed by atoms with Gasteiger partial charge in [-0.3, -0.25) is 0 Å². The lowest BCUT2D eigenvalue weighted by Crippen LogP contribution is -2.24. The number of rotatable bonds is 8. The highest BCUT2D eigenvalue weighted by atomic mass is 32.2. The Hall–Kier alpha value is -2.14. The van der Waals surface area contributed by atoms with Crippen molar-refractivity contribution in [1.29, 1.82) is 0 Å². The largest absolute Gasteiger partial charge is 0.385 e. The monoisotopic (exact) mass is 397 g/mol. The maximum absolute atomic E-state index is 13.3. The van der Waals surface area contributed by atoms with E-state index in [9.17, 15) is 12.8 Å². The molecular weight excluding hydrogens is 381 g/mol. The molecule has 2 heterocycles. The van der Waals surface area contributed by atoms with Crippen LogP contribution in [0.25, 0.3) is 22.8 Å². The second-order valence-corrected chi connectivity index (χ2v) is 8.24. The van der Waals surface area contributed by atoms with Crippen LogP contribution < -0.4 is 4.72 Å². The third-order valence-electron chi connectivity index (χ3n) is 3.41. The Balaban J connectivity index is 1.76. The van der Waals surface area contributed by atoms with E-state index in [2.05, 4.69) is 14.9 Å². The molecule has 26 heavy (non-hydrogen) atoms. The standard InChI is InChI=1S/C16H16FN3O4S2/c1-23-7-3-6-18-26(21,22)14-9-12(10-25-14)16-19-15(20-24-16)11-4-2-5-13(17)8-11/h2,4-5,8-10,18H,3,6-7H2,1H3. The first-order valence-corrected chi connectivity index (χ1v) is 10.0. The van der Waals surface area contributed by atoms with Crippen LogP contribution in [0.15, 0.2) is 44.4 Å². The number of hydrogen-bond acceptors (Lipinski definition) is 7. The van der Waals surface area contributed by atoms with Gasteiger partial charge in [0, 0.05) is 31.2 Å². The first-order chi connectivity index (χ1) is 12.5. The van der Waals surface area contributed by atoms with Crippen LogP contribution in [0.5, 0.6) is 0 Å². The van der Waals surface area contributed by atoms with Crippen LogP contribution >= 0.6 is 11.3 Å². The minimum absolute atomic E-state index is 0.149. The first kappa shape index (κ1) is 18.6. The quantitative estimate of drug-likeness (QED) is 0.588. The molecule has 0 radical (unpaired) electrons. The second-order valence-electron chi connectivity index (χ2n) is 5.33. The van der Waals surface area contributed by atoms with Gasteiger partial charge in [-0.2, -0.15) is 4.98 Å². The van der Waals surface area contributed by atoms with Crippen molar-refractivity contribution >= 4 is 21.4 Å². The molecule has 3 aromatic rings. The molecule has 7 nitrogen and oxygen atoms in total. The number of hydrogen-bond donors (Lipinski definition) is 1. The van der Waals surface area contributed by atoms with Crippen molar-refractivity contribution in [3.8, 4) is 22.8 Å². The van der Waals surface area contributed by atoms with Gasteiger partial charge in [0.2, 0.25) is 15.8 Å². The average Bonchev–Trinajstić information content (AvgIpc) is 3.28. The van der Waals surface area contributed by atoms with Crippen LogP contribution in [0.1, 0.15) is 6.42 Å². The van der Waals surface area contributed by atoms with Gasteiger partial charge < -0.3 is 9.26 Å². The number of halogens is 1. The van der Waals surface area contributed by atoms with Crippen molar-refractivity contribution in [2.75, 3.05) is 20.3 Å². The molecule has 0 amide bonds. The predicted octanol–water partition coefficient (Wildman–Crippen LogP) is 2.92. The Kier molecular flexibility index (Phi) is 5.77. The molecule has 10 heteroatoms. The SMILES string of the molecule is COCCCNS(=O)(=O)c1cc(-c2nc(-c3cccc(F)c3)no2)cs1.